The minimum atomic E-state index is -5.45. The van der Waals surface area contributed by atoms with Gasteiger partial charge in [-0.05, 0) is 6.42 Å². The SMILES string of the molecule is Nc1n[nH]nc1CCC(O)(P(=O)(O)O)P(=O)(O)O. The largest absolute Gasteiger partial charge is 0.381 e. The molecule has 0 aromatic carbocycles. The average molecular weight is 302 g/mol. The van der Waals surface area contributed by atoms with Gasteiger partial charge in [0.1, 0.15) is 5.69 Å². The number of nitrogen functional groups attached to an aromatic ring is 1. The molecule has 0 spiro atoms. The lowest BCUT2D eigenvalue weighted by atomic mass is 10.2. The maximum Gasteiger partial charge on any atom is 0.369 e. The molecule has 13 heteroatoms. The van der Waals surface area contributed by atoms with Crippen molar-refractivity contribution in [1.82, 2.24) is 15.4 Å². The zero-order valence-corrected chi connectivity index (χ0v) is 10.6. The van der Waals surface area contributed by atoms with E-state index in [4.69, 9.17) is 25.3 Å². The zero-order valence-electron chi connectivity index (χ0n) is 8.83. The number of hydrogen-bond acceptors (Lipinski definition) is 6. The second-order valence-electron chi connectivity index (χ2n) is 3.52. The standard InChI is InChI=1S/C5H12N4O7P2/c6-4-3(7-9-8-4)1-2-5(10,17(11,12)13)18(14,15)16/h10H,1-2H2,(H2,11,12,13)(H2,14,15,16)(H3,6,7,8,9). The molecule has 8 N–H and O–H groups in total. The van der Waals surface area contributed by atoms with Crippen molar-refractivity contribution in [1.29, 1.82) is 0 Å². The Morgan fingerprint density at radius 2 is 1.67 bits per heavy atom. The summed E-state index contributed by atoms with van der Waals surface area (Å²) in [5.41, 5.74) is 5.35. The molecular formula is C5H12N4O7P2. The number of anilines is 1. The molecule has 0 bridgehead atoms. The number of aliphatic hydroxyl groups is 1. The van der Waals surface area contributed by atoms with E-state index >= 15 is 0 Å². The van der Waals surface area contributed by atoms with Gasteiger partial charge >= 0.3 is 15.2 Å². The van der Waals surface area contributed by atoms with E-state index in [2.05, 4.69) is 15.4 Å². The van der Waals surface area contributed by atoms with Gasteiger partial charge in [-0.3, -0.25) is 9.13 Å². The molecule has 0 aliphatic rings. The van der Waals surface area contributed by atoms with Crippen molar-refractivity contribution in [3.05, 3.63) is 5.69 Å². The predicted octanol–water partition coefficient (Wildman–Crippen LogP) is -1.68. The summed E-state index contributed by atoms with van der Waals surface area (Å²) in [5.74, 6) is -0.0891. The number of rotatable bonds is 5. The molecule has 1 aromatic heterocycles. The second-order valence-corrected chi connectivity index (χ2v) is 7.53. The third-order valence-electron chi connectivity index (χ3n) is 2.28. The lowest BCUT2D eigenvalue weighted by molar-refractivity contribution is 0.123. The fourth-order valence-corrected chi connectivity index (χ4v) is 3.36. The van der Waals surface area contributed by atoms with Crippen LogP contribution in [0.5, 0.6) is 0 Å². The lowest BCUT2D eigenvalue weighted by Gasteiger charge is -2.28. The maximum absolute atomic E-state index is 11.0. The molecule has 0 radical (unpaired) electrons. The monoisotopic (exact) mass is 302 g/mol. The summed E-state index contributed by atoms with van der Waals surface area (Å²) < 4.78 is 22.0. The van der Waals surface area contributed by atoms with E-state index in [0.717, 1.165) is 0 Å². The van der Waals surface area contributed by atoms with E-state index < -0.39 is 26.7 Å². The average Bonchev–Trinajstić information content (AvgIpc) is 2.57. The van der Waals surface area contributed by atoms with Gasteiger partial charge in [-0.1, -0.05) is 0 Å². The van der Waals surface area contributed by atoms with Crippen molar-refractivity contribution < 1.29 is 33.8 Å². The van der Waals surface area contributed by atoms with Crippen LogP contribution < -0.4 is 5.73 Å². The number of nitrogens with zero attached hydrogens (tertiary/aromatic N) is 2. The van der Waals surface area contributed by atoms with Crippen molar-refractivity contribution >= 4 is 21.0 Å². The van der Waals surface area contributed by atoms with Gasteiger partial charge in [0.2, 0.25) is 0 Å². The summed E-state index contributed by atoms with van der Waals surface area (Å²) in [7, 11) is -10.9. The Labute approximate surface area is 100 Å². The predicted molar refractivity (Wildman–Crippen MR) is 58.2 cm³/mol. The number of nitrogens with two attached hydrogens (primary N) is 1. The fourth-order valence-electron chi connectivity index (χ4n) is 1.19. The summed E-state index contributed by atoms with van der Waals surface area (Å²) in [6.07, 6.45) is -1.28. The molecule has 0 fully saturated rings. The van der Waals surface area contributed by atoms with Gasteiger partial charge in [0.15, 0.2) is 5.82 Å². The molecule has 0 amide bonds. The summed E-state index contributed by atoms with van der Waals surface area (Å²) in [4.78, 5) is 35.5. The first-order valence-corrected chi connectivity index (χ1v) is 7.70. The van der Waals surface area contributed by atoms with Crippen LogP contribution in [0, 0.1) is 0 Å². The topological polar surface area (TPSA) is 203 Å². The van der Waals surface area contributed by atoms with Gasteiger partial charge in [-0.15, -0.1) is 5.10 Å². The zero-order chi connectivity index (χ0) is 14.2. The van der Waals surface area contributed by atoms with Gasteiger partial charge in [-0.2, -0.15) is 10.3 Å². The summed E-state index contributed by atoms with van der Waals surface area (Å²) in [6.45, 7) is 0. The maximum atomic E-state index is 11.0. The van der Waals surface area contributed by atoms with E-state index in [0.29, 0.717) is 0 Å². The highest BCUT2D eigenvalue weighted by molar-refractivity contribution is 7.72. The van der Waals surface area contributed by atoms with E-state index in [1.165, 1.54) is 0 Å². The Kier molecular flexibility index (Phi) is 3.99. The molecule has 0 atom stereocenters. The van der Waals surface area contributed by atoms with Gasteiger partial charge in [-0.25, -0.2) is 0 Å². The summed E-state index contributed by atoms with van der Waals surface area (Å²) in [5, 5.41) is 15.1. The molecule has 18 heavy (non-hydrogen) atoms. The minimum Gasteiger partial charge on any atom is -0.381 e. The van der Waals surface area contributed by atoms with Crippen LogP contribution in [0.1, 0.15) is 12.1 Å². The van der Waals surface area contributed by atoms with Crippen LogP contribution in [0.4, 0.5) is 5.82 Å². The molecule has 0 unspecified atom stereocenters. The van der Waals surface area contributed by atoms with Gasteiger partial charge in [0.05, 0.1) is 0 Å². The molecule has 1 rings (SSSR count). The fraction of sp³-hybridized carbons (Fsp3) is 0.600. The Bertz CT molecular complexity index is 496. The molecule has 1 aromatic rings. The van der Waals surface area contributed by atoms with E-state index in [1.807, 2.05) is 0 Å². The number of aromatic nitrogens is 3. The van der Waals surface area contributed by atoms with E-state index in [-0.39, 0.29) is 17.9 Å². The highest BCUT2D eigenvalue weighted by Crippen LogP contribution is 2.69. The number of nitrogens with one attached hydrogen (secondary N) is 1. The van der Waals surface area contributed by atoms with Crippen LogP contribution in [0.25, 0.3) is 0 Å². The number of hydrogen-bond donors (Lipinski definition) is 7. The highest BCUT2D eigenvalue weighted by Gasteiger charge is 2.58. The van der Waals surface area contributed by atoms with Crippen LogP contribution in [-0.2, 0) is 15.6 Å². The smallest absolute Gasteiger partial charge is 0.369 e. The molecular weight excluding hydrogens is 290 g/mol. The van der Waals surface area contributed by atoms with Gasteiger partial charge < -0.3 is 30.4 Å². The Morgan fingerprint density at radius 1 is 1.17 bits per heavy atom. The highest BCUT2D eigenvalue weighted by atomic mass is 31.2. The first kappa shape index (κ1) is 15.3. The second kappa shape index (κ2) is 4.71. The van der Waals surface area contributed by atoms with Crippen LogP contribution >= 0.6 is 15.2 Å². The molecule has 0 saturated heterocycles. The van der Waals surface area contributed by atoms with E-state index in [9.17, 15) is 14.2 Å². The van der Waals surface area contributed by atoms with Crippen molar-refractivity contribution in [3.8, 4) is 0 Å². The molecule has 11 nitrogen and oxygen atoms in total. The van der Waals surface area contributed by atoms with E-state index in [1.54, 1.807) is 0 Å². The Morgan fingerprint density at radius 3 is 2.00 bits per heavy atom. The normalized spacial score (nSPS) is 13.8. The van der Waals surface area contributed by atoms with Crippen LogP contribution in [0.15, 0.2) is 0 Å². The lowest BCUT2D eigenvalue weighted by Crippen LogP contribution is -2.29. The quantitative estimate of drug-likeness (QED) is 0.308. The third kappa shape index (κ3) is 2.78. The first-order valence-electron chi connectivity index (χ1n) is 4.48. The molecule has 0 saturated carbocycles. The van der Waals surface area contributed by atoms with Crippen molar-refractivity contribution in [2.75, 3.05) is 5.73 Å². The molecule has 0 aliphatic heterocycles. The molecule has 0 aliphatic carbocycles. The van der Waals surface area contributed by atoms with Crippen LogP contribution in [0.2, 0.25) is 0 Å². The Hall–Kier alpha value is -0.800. The van der Waals surface area contributed by atoms with Crippen LogP contribution in [0.3, 0.4) is 0 Å². The molecule has 1 heterocycles. The van der Waals surface area contributed by atoms with Crippen molar-refractivity contribution in [2.24, 2.45) is 0 Å². The number of aromatic amines is 1. The summed E-state index contributed by atoms with van der Waals surface area (Å²) >= 11 is 0. The first-order chi connectivity index (χ1) is 7.99. The number of H-pyrrole nitrogens is 1. The number of aryl methyl sites for hydroxylation is 1. The Balaban J connectivity index is 2.99. The van der Waals surface area contributed by atoms with Crippen molar-refractivity contribution in [3.63, 3.8) is 0 Å². The minimum absolute atomic E-state index is 0.0373. The van der Waals surface area contributed by atoms with Crippen LogP contribution in [-0.4, -0.2) is 45.2 Å². The van der Waals surface area contributed by atoms with Gasteiger partial charge in [0, 0.05) is 6.42 Å². The summed E-state index contributed by atoms with van der Waals surface area (Å²) in [6, 6.07) is 0. The van der Waals surface area contributed by atoms with Gasteiger partial charge in [0.25, 0.3) is 5.08 Å². The third-order valence-corrected chi connectivity index (χ3v) is 6.16. The molecule has 104 valence electrons. The van der Waals surface area contributed by atoms with Crippen molar-refractivity contribution in [2.45, 2.75) is 17.9 Å².